The van der Waals surface area contributed by atoms with Crippen LogP contribution in [0.25, 0.3) is 0 Å². The molecule has 2 heteroatoms. The van der Waals surface area contributed by atoms with Gasteiger partial charge in [-0.2, -0.15) is 0 Å². The largest absolute Gasteiger partial charge is 0.299 e. The van der Waals surface area contributed by atoms with Crippen molar-refractivity contribution in [3.63, 3.8) is 0 Å². The van der Waals surface area contributed by atoms with Crippen LogP contribution in [-0.4, -0.2) is 12.1 Å². The maximum atomic E-state index is 12.2. The Balaban J connectivity index is 0.000000244. The first kappa shape index (κ1) is 23.5. The van der Waals surface area contributed by atoms with Gasteiger partial charge in [0.25, 0.3) is 0 Å². The van der Waals surface area contributed by atoms with E-state index in [0.29, 0.717) is 28.4 Å². The number of unbranched alkanes of at least 4 members (excludes halogenated alkanes) is 2. The van der Waals surface area contributed by atoms with Crippen LogP contribution in [0.5, 0.6) is 0 Å². The summed E-state index contributed by atoms with van der Waals surface area (Å²) in [7, 11) is 0. The topological polar surface area (TPSA) is 34.1 Å². The molecule has 0 aromatic heterocycles. The van der Waals surface area contributed by atoms with E-state index >= 15 is 0 Å². The molecule has 0 spiro atoms. The van der Waals surface area contributed by atoms with Gasteiger partial charge in [0.2, 0.25) is 0 Å². The second kappa shape index (κ2) is 9.53. The summed E-state index contributed by atoms with van der Waals surface area (Å²) in [6, 6.07) is 0. The molecule has 0 radical (unpaired) electrons. The van der Waals surface area contributed by atoms with Crippen LogP contribution in [0.1, 0.15) is 112 Å². The minimum atomic E-state index is 0.298. The third-order valence-electron chi connectivity index (χ3n) is 9.37. The van der Waals surface area contributed by atoms with Gasteiger partial charge in [-0.15, -0.1) is 0 Å². The summed E-state index contributed by atoms with van der Waals surface area (Å²) in [5.41, 5.74) is 5.39. The Hall–Kier alpha value is -1.18. The molecule has 0 saturated heterocycles. The fourth-order valence-corrected chi connectivity index (χ4v) is 7.38. The lowest BCUT2D eigenvalue weighted by molar-refractivity contribution is -0.130. The zero-order chi connectivity index (χ0) is 21.9. The van der Waals surface area contributed by atoms with Crippen LogP contribution in [0.3, 0.4) is 0 Å². The number of rotatable bonds is 4. The maximum Gasteiger partial charge on any atom is 0.145 e. The van der Waals surface area contributed by atoms with Crippen molar-refractivity contribution >= 4 is 12.1 Å². The zero-order valence-corrected chi connectivity index (χ0v) is 20.2. The highest BCUT2D eigenvalue weighted by molar-refractivity contribution is 5.82. The number of hydrogen-bond donors (Lipinski definition) is 0. The average Bonchev–Trinajstić information content (AvgIpc) is 3.13. The van der Waals surface area contributed by atoms with Gasteiger partial charge in [0, 0.05) is 12.3 Å². The zero-order valence-electron chi connectivity index (χ0n) is 20.2. The Morgan fingerprint density at radius 2 is 1.73 bits per heavy atom. The standard InChI is InChI=1S/C20H30O.C8H14O/c1-13-15-8-9-16-17(20(15,3)12-10-18(13)21)7-6-14-5-4-11-19(14,16)2;1-3-4-5-6-8(2)7-9/h13-15H,4-12H2,1-3H3;6-7H,3-5H2,1-2H3/b;8-6-. The van der Waals surface area contributed by atoms with Gasteiger partial charge in [0.05, 0.1) is 0 Å². The SMILES string of the molecule is CC1C(=O)CCC2(C)C3=C(CCC12)C1(C)CCCC1CC3.CCCC/C=C(/C)C=O. The summed E-state index contributed by atoms with van der Waals surface area (Å²) in [6.45, 7) is 11.3. The van der Waals surface area contributed by atoms with E-state index in [2.05, 4.69) is 27.7 Å². The molecule has 4 rings (SSSR count). The molecule has 4 aliphatic carbocycles. The molecule has 0 bridgehead atoms. The van der Waals surface area contributed by atoms with Crippen molar-refractivity contribution in [1.82, 2.24) is 0 Å². The highest BCUT2D eigenvalue weighted by Gasteiger charge is 2.54. The molecule has 5 unspecified atom stereocenters. The van der Waals surface area contributed by atoms with Crippen LogP contribution in [0.4, 0.5) is 0 Å². The van der Waals surface area contributed by atoms with Gasteiger partial charge in [0.1, 0.15) is 12.1 Å². The number of carbonyl (C=O) groups is 2. The Morgan fingerprint density at radius 1 is 1.03 bits per heavy atom. The first-order valence-corrected chi connectivity index (χ1v) is 12.7. The molecule has 0 aliphatic heterocycles. The minimum Gasteiger partial charge on any atom is -0.299 e. The Labute approximate surface area is 185 Å². The molecule has 5 atom stereocenters. The molecular formula is C28H44O2. The third kappa shape index (κ3) is 4.26. The van der Waals surface area contributed by atoms with E-state index in [1.54, 1.807) is 0 Å². The summed E-state index contributed by atoms with van der Waals surface area (Å²) >= 11 is 0. The van der Waals surface area contributed by atoms with Gasteiger partial charge in [-0.25, -0.2) is 0 Å². The summed E-state index contributed by atoms with van der Waals surface area (Å²) in [6.07, 6.45) is 17.9. The number of carbonyl (C=O) groups excluding carboxylic acids is 2. The van der Waals surface area contributed by atoms with Crippen LogP contribution in [0.2, 0.25) is 0 Å². The van der Waals surface area contributed by atoms with E-state index in [9.17, 15) is 9.59 Å². The predicted molar refractivity (Wildman–Crippen MR) is 125 cm³/mol. The summed E-state index contributed by atoms with van der Waals surface area (Å²) < 4.78 is 0. The smallest absolute Gasteiger partial charge is 0.145 e. The van der Waals surface area contributed by atoms with Gasteiger partial charge >= 0.3 is 0 Å². The van der Waals surface area contributed by atoms with Crippen LogP contribution in [-0.2, 0) is 9.59 Å². The average molecular weight is 413 g/mol. The van der Waals surface area contributed by atoms with Crippen molar-refractivity contribution in [3.8, 4) is 0 Å². The summed E-state index contributed by atoms with van der Waals surface area (Å²) in [5.74, 6) is 2.41. The second-order valence-corrected chi connectivity index (χ2v) is 11.0. The first-order valence-electron chi connectivity index (χ1n) is 12.7. The summed E-state index contributed by atoms with van der Waals surface area (Å²) in [5, 5.41) is 0. The molecule has 0 amide bonds. The van der Waals surface area contributed by atoms with E-state index in [1.807, 2.05) is 24.1 Å². The lowest BCUT2D eigenvalue weighted by Gasteiger charge is -2.55. The van der Waals surface area contributed by atoms with Crippen LogP contribution in [0.15, 0.2) is 22.8 Å². The highest BCUT2D eigenvalue weighted by Crippen LogP contribution is 2.64. The van der Waals surface area contributed by atoms with E-state index in [1.165, 1.54) is 57.8 Å². The quantitative estimate of drug-likeness (QED) is 0.206. The molecule has 4 aliphatic rings. The Bertz CT molecular complexity index is 714. The van der Waals surface area contributed by atoms with E-state index < -0.39 is 0 Å². The number of ketones is 1. The van der Waals surface area contributed by atoms with Gasteiger partial charge < -0.3 is 0 Å². The van der Waals surface area contributed by atoms with Crippen molar-refractivity contribution in [2.24, 2.45) is 28.6 Å². The molecule has 30 heavy (non-hydrogen) atoms. The van der Waals surface area contributed by atoms with Gasteiger partial charge in [0.15, 0.2) is 0 Å². The van der Waals surface area contributed by atoms with E-state index in [4.69, 9.17) is 0 Å². The maximum absolute atomic E-state index is 12.2. The molecule has 0 N–H and O–H groups in total. The van der Waals surface area contributed by atoms with E-state index in [-0.39, 0.29) is 0 Å². The van der Waals surface area contributed by atoms with Gasteiger partial charge in [-0.3, -0.25) is 9.59 Å². The van der Waals surface area contributed by atoms with E-state index in [0.717, 1.165) is 37.0 Å². The fourth-order valence-electron chi connectivity index (χ4n) is 7.38. The van der Waals surface area contributed by atoms with Crippen molar-refractivity contribution in [1.29, 1.82) is 0 Å². The van der Waals surface area contributed by atoms with Crippen LogP contribution in [0, 0.1) is 28.6 Å². The number of aldehydes is 1. The van der Waals surface area contributed by atoms with Crippen LogP contribution >= 0.6 is 0 Å². The molecule has 0 aromatic carbocycles. The summed E-state index contributed by atoms with van der Waals surface area (Å²) in [4.78, 5) is 22.2. The number of hydrogen-bond acceptors (Lipinski definition) is 2. The van der Waals surface area contributed by atoms with Gasteiger partial charge in [-0.05, 0) is 86.5 Å². The molecule has 0 heterocycles. The number of allylic oxidation sites excluding steroid dienone is 4. The Morgan fingerprint density at radius 3 is 2.43 bits per heavy atom. The molecular weight excluding hydrogens is 368 g/mol. The Kier molecular flexibility index (Phi) is 7.46. The highest BCUT2D eigenvalue weighted by atomic mass is 16.1. The van der Waals surface area contributed by atoms with Crippen molar-refractivity contribution in [2.75, 3.05) is 0 Å². The normalized spacial score (nSPS) is 38.2. The minimum absolute atomic E-state index is 0.298. The number of fused-ring (bicyclic) bond motifs is 4. The molecule has 2 fully saturated rings. The van der Waals surface area contributed by atoms with Crippen molar-refractivity contribution in [3.05, 3.63) is 22.8 Å². The lowest BCUT2D eigenvalue weighted by Crippen LogP contribution is -2.47. The first-order chi connectivity index (χ1) is 14.3. The van der Waals surface area contributed by atoms with Gasteiger partial charge in [-0.1, -0.05) is 64.2 Å². The molecule has 0 aromatic rings. The van der Waals surface area contributed by atoms with Crippen molar-refractivity contribution in [2.45, 2.75) is 112 Å². The molecule has 2 saturated carbocycles. The number of Topliss-reactive ketones (excluding diaryl/α,β-unsaturated/α-hetero) is 1. The lowest BCUT2D eigenvalue weighted by atomic mass is 9.49. The molecule has 2 nitrogen and oxygen atoms in total. The fraction of sp³-hybridized carbons (Fsp3) is 0.786. The van der Waals surface area contributed by atoms with Crippen LogP contribution < -0.4 is 0 Å². The van der Waals surface area contributed by atoms with Crippen molar-refractivity contribution < 1.29 is 9.59 Å². The third-order valence-corrected chi connectivity index (χ3v) is 9.37. The molecule has 168 valence electrons. The predicted octanol–water partition coefficient (Wildman–Crippen LogP) is 7.62. The monoisotopic (exact) mass is 412 g/mol. The second-order valence-electron chi connectivity index (χ2n) is 11.0.